The number of fused-ring (bicyclic) bond motifs is 2. The van der Waals surface area contributed by atoms with Crippen molar-refractivity contribution in [3.8, 4) is 0 Å². The molecule has 0 aromatic rings. The predicted molar refractivity (Wildman–Crippen MR) is 108 cm³/mol. The average molecular weight is 441 g/mol. The lowest BCUT2D eigenvalue weighted by Crippen LogP contribution is -2.63. The van der Waals surface area contributed by atoms with E-state index in [1.54, 1.807) is 0 Å². The quantitative estimate of drug-likeness (QED) is 0.162. The standard InChI is InChI=1S/C22H23N3O7/c1-31-16(27)8-14-17-11-6-15-22(3-4-24(15)9-10(11)2-5-32-14)12-7-13(26)20(28)19(25(29)30)18(12)23-21(17)22/h2,7,11,14-15,17,21,23H,3-6,8-9H2,1H3. The first-order valence-corrected chi connectivity index (χ1v) is 10.9. The van der Waals surface area contributed by atoms with Crippen LogP contribution in [0, 0.1) is 27.4 Å². The molecular formula is C22H23N3O7. The third-order valence-electron chi connectivity index (χ3n) is 8.48. The number of allylic oxidation sites excluding steroid dienone is 3. The molecule has 10 heteroatoms. The van der Waals surface area contributed by atoms with Gasteiger partial charge < -0.3 is 14.8 Å². The molecule has 32 heavy (non-hydrogen) atoms. The molecule has 0 radical (unpaired) electrons. The van der Waals surface area contributed by atoms with Crippen LogP contribution in [-0.2, 0) is 23.9 Å². The van der Waals surface area contributed by atoms with Gasteiger partial charge in [0.25, 0.3) is 0 Å². The maximum absolute atomic E-state index is 12.5. The second-order valence-electron chi connectivity index (χ2n) is 9.48. The van der Waals surface area contributed by atoms with E-state index in [9.17, 15) is 24.5 Å². The number of ether oxygens (including phenoxy) is 2. The summed E-state index contributed by atoms with van der Waals surface area (Å²) in [6, 6.07) is -0.185. The molecule has 4 fully saturated rings. The normalized spacial score (nSPS) is 39.5. The summed E-state index contributed by atoms with van der Waals surface area (Å²) in [4.78, 5) is 50.6. The van der Waals surface area contributed by atoms with Crippen molar-refractivity contribution in [2.75, 3.05) is 26.8 Å². The molecule has 4 heterocycles. The van der Waals surface area contributed by atoms with Crippen LogP contribution in [0.4, 0.5) is 0 Å². The van der Waals surface area contributed by atoms with Gasteiger partial charge >= 0.3 is 17.4 Å². The van der Waals surface area contributed by atoms with E-state index in [1.165, 1.54) is 18.8 Å². The smallest absolute Gasteiger partial charge is 0.343 e. The molecule has 0 aromatic heterocycles. The Morgan fingerprint density at radius 3 is 3.00 bits per heavy atom. The number of rotatable bonds is 3. The summed E-state index contributed by atoms with van der Waals surface area (Å²) in [7, 11) is 1.34. The number of methoxy groups -OCH3 is 1. The molecule has 168 valence electrons. The lowest BCUT2D eigenvalue weighted by Gasteiger charge is -2.55. The third kappa shape index (κ3) is 2.34. The molecule has 0 aromatic carbocycles. The number of ketones is 2. The van der Waals surface area contributed by atoms with Gasteiger partial charge in [0.2, 0.25) is 5.78 Å². The predicted octanol–water partition coefficient (Wildman–Crippen LogP) is 0.123. The Bertz CT molecular complexity index is 1080. The van der Waals surface area contributed by atoms with Crippen molar-refractivity contribution in [1.29, 1.82) is 0 Å². The molecule has 6 atom stereocenters. The van der Waals surface area contributed by atoms with Crippen molar-refractivity contribution in [2.45, 2.75) is 37.5 Å². The van der Waals surface area contributed by atoms with E-state index >= 15 is 0 Å². The van der Waals surface area contributed by atoms with Crippen LogP contribution in [0.25, 0.3) is 0 Å². The molecule has 2 aliphatic carbocycles. The maximum Gasteiger partial charge on any atom is 0.343 e. The Morgan fingerprint density at radius 2 is 2.25 bits per heavy atom. The van der Waals surface area contributed by atoms with Crippen molar-refractivity contribution in [2.24, 2.45) is 17.3 Å². The van der Waals surface area contributed by atoms with Gasteiger partial charge in [0.05, 0.1) is 31.2 Å². The minimum absolute atomic E-state index is 0.0828. The van der Waals surface area contributed by atoms with E-state index in [1.807, 2.05) is 0 Å². The molecule has 6 rings (SSSR count). The second-order valence-corrected chi connectivity index (χ2v) is 9.48. The lowest BCUT2D eigenvalue weighted by molar-refractivity contribution is -0.419. The van der Waals surface area contributed by atoms with Crippen LogP contribution >= 0.6 is 0 Å². The van der Waals surface area contributed by atoms with Crippen molar-refractivity contribution in [3.05, 3.63) is 44.8 Å². The topological polar surface area (TPSA) is 128 Å². The van der Waals surface area contributed by atoms with E-state index in [4.69, 9.17) is 9.47 Å². The number of piperidine rings is 1. The summed E-state index contributed by atoms with van der Waals surface area (Å²) in [6.45, 7) is 1.99. The van der Waals surface area contributed by atoms with E-state index < -0.39 is 33.7 Å². The van der Waals surface area contributed by atoms with E-state index in [2.05, 4.69) is 16.3 Å². The van der Waals surface area contributed by atoms with Gasteiger partial charge in [0.15, 0.2) is 0 Å². The molecule has 4 aliphatic heterocycles. The summed E-state index contributed by atoms with van der Waals surface area (Å²) in [5, 5.41) is 15.1. The average Bonchev–Trinajstić information content (AvgIpc) is 3.24. The molecule has 10 nitrogen and oxygen atoms in total. The fourth-order valence-corrected chi connectivity index (χ4v) is 7.31. The van der Waals surface area contributed by atoms with Crippen LogP contribution in [0.3, 0.4) is 0 Å². The molecular weight excluding hydrogens is 418 g/mol. The zero-order valence-electron chi connectivity index (χ0n) is 17.5. The van der Waals surface area contributed by atoms with E-state index in [0.717, 1.165) is 25.9 Å². The monoisotopic (exact) mass is 441 g/mol. The first kappa shape index (κ1) is 19.8. The number of esters is 1. The molecule has 3 saturated heterocycles. The van der Waals surface area contributed by atoms with Gasteiger partial charge in [-0.2, -0.15) is 0 Å². The molecule has 6 aliphatic rings. The number of nitro groups is 1. The number of Topliss-reactive ketones (excluding diaryl/α,β-unsaturated/α-hetero) is 1. The maximum atomic E-state index is 12.5. The van der Waals surface area contributed by atoms with Gasteiger partial charge in [-0.25, -0.2) is 0 Å². The van der Waals surface area contributed by atoms with Gasteiger partial charge in [-0.3, -0.25) is 29.4 Å². The van der Waals surface area contributed by atoms with Crippen LogP contribution in [0.1, 0.15) is 19.3 Å². The Morgan fingerprint density at radius 1 is 1.44 bits per heavy atom. The number of carbonyl (C=O) groups is 3. The van der Waals surface area contributed by atoms with Crippen LogP contribution in [0.2, 0.25) is 0 Å². The summed E-state index contributed by atoms with van der Waals surface area (Å²) >= 11 is 0. The first-order valence-electron chi connectivity index (χ1n) is 10.9. The third-order valence-corrected chi connectivity index (χ3v) is 8.48. The van der Waals surface area contributed by atoms with Gasteiger partial charge in [-0.1, -0.05) is 11.6 Å². The largest absolute Gasteiger partial charge is 0.469 e. The number of carbonyl (C=O) groups excluding carboxylic acids is 3. The van der Waals surface area contributed by atoms with Crippen LogP contribution < -0.4 is 5.32 Å². The molecule has 1 N–H and O–H groups in total. The van der Waals surface area contributed by atoms with Crippen LogP contribution in [0.15, 0.2) is 34.7 Å². The highest BCUT2D eigenvalue weighted by Crippen LogP contribution is 2.64. The highest BCUT2D eigenvalue weighted by atomic mass is 16.6. The number of nitrogens with one attached hydrogen (secondary N) is 1. The SMILES string of the molecule is COC(=O)CC1OCC=C2CN3CCC45C6=CC(=O)C(=O)C([N+](=O)[O-])=C6NC4C1C2CC35. The van der Waals surface area contributed by atoms with Gasteiger partial charge in [-0.05, 0) is 37.0 Å². The Labute approximate surface area is 183 Å². The highest BCUT2D eigenvalue weighted by molar-refractivity contribution is 6.48. The van der Waals surface area contributed by atoms with Gasteiger partial charge in [0.1, 0.15) is 5.70 Å². The zero-order chi connectivity index (χ0) is 22.4. The van der Waals surface area contributed by atoms with Gasteiger partial charge in [-0.15, -0.1) is 0 Å². The van der Waals surface area contributed by atoms with E-state index in [-0.39, 0.29) is 42.0 Å². The summed E-state index contributed by atoms with van der Waals surface area (Å²) in [5.41, 5.74) is 0.820. The fourth-order valence-electron chi connectivity index (χ4n) is 7.31. The Kier molecular flexibility index (Phi) is 4.07. The van der Waals surface area contributed by atoms with Crippen molar-refractivity contribution in [1.82, 2.24) is 10.2 Å². The number of hydrogen-bond donors (Lipinski definition) is 1. The van der Waals surface area contributed by atoms with Gasteiger partial charge in [0, 0.05) is 30.0 Å². The van der Waals surface area contributed by atoms with Crippen LogP contribution in [0.5, 0.6) is 0 Å². The molecule has 1 saturated carbocycles. The summed E-state index contributed by atoms with van der Waals surface area (Å²) in [6.07, 6.45) is 4.62. The highest BCUT2D eigenvalue weighted by Gasteiger charge is 2.69. The molecule has 6 unspecified atom stereocenters. The van der Waals surface area contributed by atoms with Crippen molar-refractivity contribution >= 4 is 17.5 Å². The Hall–Kier alpha value is -2.85. The fraction of sp³-hybridized carbons (Fsp3) is 0.591. The zero-order valence-corrected chi connectivity index (χ0v) is 17.5. The number of nitrogens with zero attached hydrogens (tertiary/aromatic N) is 2. The number of hydrogen-bond acceptors (Lipinski definition) is 9. The van der Waals surface area contributed by atoms with Crippen molar-refractivity contribution < 1.29 is 28.8 Å². The second kappa shape index (κ2) is 6.58. The van der Waals surface area contributed by atoms with Crippen molar-refractivity contribution in [3.63, 3.8) is 0 Å². The van der Waals surface area contributed by atoms with E-state index in [0.29, 0.717) is 12.2 Å². The lowest BCUT2D eigenvalue weighted by atomic mass is 9.54. The molecule has 2 bridgehead atoms. The Balaban J connectivity index is 1.55. The molecule has 0 amide bonds. The summed E-state index contributed by atoms with van der Waals surface area (Å²) in [5.74, 6) is -2.28. The minimum Gasteiger partial charge on any atom is -0.469 e. The summed E-state index contributed by atoms with van der Waals surface area (Å²) < 4.78 is 11.1. The first-order chi connectivity index (χ1) is 15.4. The van der Waals surface area contributed by atoms with Crippen LogP contribution in [-0.4, -0.2) is 72.4 Å². The molecule has 1 spiro atoms. The minimum atomic E-state index is -1.09.